The second kappa shape index (κ2) is 7.61. The molecule has 28 heavy (non-hydrogen) atoms. The van der Waals surface area contributed by atoms with Gasteiger partial charge in [0, 0.05) is 23.3 Å². The van der Waals surface area contributed by atoms with Crippen molar-refractivity contribution in [3.63, 3.8) is 0 Å². The fourth-order valence-corrected chi connectivity index (χ4v) is 3.22. The lowest BCUT2D eigenvalue weighted by atomic mass is 10.2. The highest BCUT2D eigenvalue weighted by molar-refractivity contribution is 7.14. The lowest BCUT2D eigenvalue weighted by Gasteiger charge is -2.04. The number of nitrogens with one attached hydrogen (secondary N) is 2. The van der Waals surface area contributed by atoms with Crippen molar-refractivity contribution < 1.29 is 9.32 Å². The quantitative estimate of drug-likeness (QED) is 0.507. The lowest BCUT2D eigenvalue weighted by Crippen LogP contribution is -2.14. The number of amides is 1. The molecule has 3 heterocycles. The van der Waals surface area contributed by atoms with Gasteiger partial charge in [-0.3, -0.25) is 4.79 Å². The first-order chi connectivity index (χ1) is 13.6. The van der Waals surface area contributed by atoms with Gasteiger partial charge >= 0.3 is 0 Å². The SMILES string of the molecule is Cc1ccc(Nc2nc(-c3cc(C(=O)Nc4ncccc4C)no3)cs2)cc1. The van der Waals surface area contributed by atoms with Crippen LogP contribution < -0.4 is 10.6 Å². The van der Waals surface area contributed by atoms with Crippen LogP contribution >= 0.6 is 11.3 Å². The van der Waals surface area contributed by atoms with E-state index in [1.54, 1.807) is 12.3 Å². The number of carbonyl (C=O) groups excluding carboxylic acids is 1. The minimum absolute atomic E-state index is 0.168. The number of anilines is 3. The Hall–Kier alpha value is -3.52. The summed E-state index contributed by atoms with van der Waals surface area (Å²) in [5.41, 5.74) is 3.79. The number of rotatable bonds is 5. The third-order valence-corrected chi connectivity index (χ3v) is 4.80. The lowest BCUT2D eigenvalue weighted by molar-refractivity contribution is 0.101. The van der Waals surface area contributed by atoms with Crippen LogP contribution in [0, 0.1) is 13.8 Å². The largest absolute Gasteiger partial charge is 0.354 e. The fraction of sp³-hybridized carbons (Fsp3) is 0.100. The first kappa shape index (κ1) is 17.9. The molecule has 4 rings (SSSR count). The second-order valence-corrected chi connectivity index (χ2v) is 7.09. The third kappa shape index (κ3) is 3.91. The van der Waals surface area contributed by atoms with Crippen LogP contribution in [0.25, 0.3) is 11.5 Å². The molecule has 0 spiro atoms. The molecule has 1 amide bonds. The predicted molar refractivity (Wildman–Crippen MR) is 109 cm³/mol. The van der Waals surface area contributed by atoms with Gasteiger partial charge in [-0.1, -0.05) is 28.9 Å². The summed E-state index contributed by atoms with van der Waals surface area (Å²) in [6.45, 7) is 3.91. The number of carbonyl (C=O) groups is 1. The molecule has 0 aliphatic carbocycles. The first-order valence-electron chi connectivity index (χ1n) is 8.58. The third-order valence-electron chi connectivity index (χ3n) is 4.04. The Morgan fingerprint density at radius 3 is 2.75 bits per heavy atom. The number of thiazole rings is 1. The van der Waals surface area contributed by atoms with E-state index < -0.39 is 0 Å². The zero-order valence-corrected chi connectivity index (χ0v) is 16.1. The van der Waals surface area contributed by atoms with Crippen molar-refractivity contribution in [2.24, 2.45) is 0 Å². The predicted octanol–water partition coefficient (Wildman–Crippen LogP) is 4.81. The van der Waals surface area contributed by atoms with Gasteiger partial charge < -0.3 is 15.2 Å². The molecule has 7 nitrogen and oxygen atoms in total. The standard InChI is InChI=1S/C20H17N5O2S/c1-12-5-7-14(8-6-12)22-20-23-16(11-28-20)17-10-15(25-27-17)19(26)24-18-13(2)4-3-9-21-18/h3-11H,1-2H3,(H,22,23)(H,21,24,26). The summed E-state index contributed by atoms with van der Waals surface area (Å²) >= 11 is 1.45. The van der Waals surface area contributed by atoms with E-state index in [4.69, 9.17) is 4.52 Å². The minimum Gasteiger partial charge on any atom is -0.354 e. The molecular weight excluding hydrogens is 374 g/mol. The molecule has 0 atom stereocenters. The Bertz CT molecular complexity index is 1120. The summed E-state index contributed by atoms with van der Waals surface area (Å²) in [6.07, 6.45) is 1.62. The van der Waals surface area contributed by atoms with Gasteiger partial charge in [0.1, 0.15) is 11.5 Å². The topological polar surface area (TPSA) is 92.9 Å². The van der Waals surface area contributed by atoms with Crippen molar-refractivity contribution in [2.45, 2.75) is 13.8 Å². The van der Waals surface area contributed by atoms with E-state index in [1.807, 2.05) is 55.6 Å². The zero-order chi connectivity index (χ0) is 19.5. The summed E-state index contributed by atoms with van der Waals surface area (Å²) in [5.74, 6) is 0.538. The summed E-state index contributed by atoms with van der Waals surface area (Å²) < 4.78 is 5.30. The molecule has 2 N–H and O–H groups in total. The van der Waals surface area contributed by atoms with Gasteiger partial charge in [0.2, 0.25) is 0 Å². The fourth-order valence-electron chi connectivity index (χ4n) is 2.50. The number of pyridine rings is 1. The molecule has 8 heteroatoms. The zero-order valence-electron chi connectivity index (χ0n) is 15.3. The van der Waals surface area contributed by atoms with E-state index in [-0.39, 0.29) is 11.6 Å². The Morgan fingerprint density at radius 1 is 1.14 bits per heavy atom. The van der Waals surface area contributed by atoms with Crippen LogP contribution in [0.4, 0.5) is 16.6 Å². The van der Waals surface area contributed by atoms with E-state index in [0.29, 0.717) is 17.3 Å². The van der Waals surface area contributed by atoms with Crippen LogP contribution in [0.2, 0.25) is 0 Å². The molecule has 0 radical (unpaired) electrons. The normalized spacial score (nSPS) is 10.6. The van der Waals surface area contributed by atoms with Crippen LogP contribution in [0.1, 0.15) is 21.6 Å². The molecule has 4 aromatic rings. The van der Waals surface area contributed by atoms with Crippen LogP contribution in [-0.4, -0.2) is 21.0 Å². The Balaban J connectivity index is 1.47. The van der Waals surface area contributed by atoms with Crippen molar-refractivity contribution in [1.29, 1.82) is 0 Å². The van der Waals surface area contributed by atoms with E-state index in [0.717, 1.165) is 16.4 Å². The van der Waals surface area contributed by atoms with E-state index >= 15 is 0 Å². The molecule has 0 aliphatic rings. The molecule has 0 bridgehead atoms. The average molecular weight is 391 g/mol. The van der Waals surface area contributed by atoms with Crippen LogP contribution in [-0.2, 0) is 0 Å². The smallest absolute Gasteiger partial charge is 0.279 e. The van der Waals surface area contributed by atoms with Crippen molar-refractivity contribution in [2.75, 3.05) is 10.6 Å². The first-order valence-corrected chi connectivity index (χ1v) is 9.46. The summed E-state index contributed by atoms with van der Waals surface area (Å²) in [4.78, 5) is 21.0. The van der Waals surface area contributed by atoms with Crippen LogP contribution in [0.15, 0.2) is 58.6 Å². The molecule has 0 aliphatic heterocycles. The molecule has 0 saturated heterocycles. The van der Waals surface area contributed by atoms with E-state index in [2.05, 4.69) is 25.8 Å². The van der Waals surface area contributed by atoms with Crippen molar-refractivity contribution >= 4 is 33.9 Å². The Morgan fingerprint density at radius 2 is 1.96 bits per heavy atom. The highest BCUT2D eigenvalue weighted by Gasteiger charge is 2.17. The van der Waals surface area contributed by atoms with Crippen molar-refractivity contribution in [1.82, 2.24) is 15.1 Å². The maximum atomic E-state index is 12.4. The molecular formula is C20H17N5O2S. The molecule has 0 fully saturated rings. The van der Waals surface area contributed by atoms with E-state index in [9.17, 15) is 4.79 Å². The number of aromatic nitrogens is 3. The molecule has 1 aromatic carbocycles. The Labute approximate surface area is 165 Å². The van der Waals surface area contributed by atoms with Crippen LogP contribution in [0.5, 0.6) is 0 Å². The maximum absolute atomic E-state index is 12.4. The number of aryl methyl sites for hydroxylation is 2. The number of nitrogens with zero attached hydrogens (tertiary/aromatic N) is 3. The minimum atomic E-state index is -0.384. The van der Waals surface area contributed by atoms with Gasteiger partial charge in [0.15, 0.2) is 16.6 Å². The molecule has 0 unspecified atom stereocenters. The van der Waals surface area contributed by atoms with Crippen molar-refractivity contribution in [3.05, 3.63) is 70.9 Å². The summed E-state index contributed by atoms with van der Waals surface area (Å²) in [5, 5.41) is 12.4. The van der Waals surface area contributed by atoms with Gasteiger partial charge in [-0.15, -0.1) is 11.3 Å². The van der Waals surface area contributed by atoms with E-state index in [1.165, 1.54) is 16.9 Å². The highest BCUT2D eigenvalue weighted by atomic mass is 32.1. The van der Waals surface area contributed by atoms with Gasteiger partial charge in [-0.25, -0.2) is 9.97 Å². The highest BCUT2D eigenvalue weighted by Crippen LogP contribution is 2.28. The number of hydrogen-bond donors (Lipinski definition) is 2. The van der Waals surface area contributed by atoms with Gasteiger partial charge in [-0.2, -0.15) is 0 Å². The molecule has 140 valence electrons. The van der Waals surface area contributed by atoms with Gasteiger partial charge in [0.05, 0.1) is 0 Å². The van der Waals surface area contributed by atoms with Gasteiger partial charge in [-0.05, 0) is 37.6 Å². The Kier molecular flexibility index (Phi) is 4.86. The maximum Gasteiger partial charge on any atom is 0.279 e. The summed E-state index contributed by atoms with van der Waals surface area (Å²) in [6, 6.07) is 13.3. The molecule has 3 aromatic heterocycles. The van der Waals surface area contributed by atoms with Crippen LogP contribution in [0.3, 0.4) is 0 Å². The second-order valence-electron chi connectivity index (χ2n) is 6.23. The van der Waals surface area contributed by atoms with Gasteiger partial charge in [0.25, 0.3) is 5.91 Å². The number of benzene rings is 1. The monoisotopic (exact) mass is 391 g/mol. The number of hydrogen-bond acceptors (Lipinski definition) is 7. The van der Waals surface area contributed by atoms with Crippen molar-refractivity contribution in [3.8, 4) is 11.5 Å². The summed E-state index contributed by atoms with van der Waals surface area (Å²) in [7, 11) is 0. The molecule has 0 saturated carbocycles. The average Bonchev–Trinajstić information content (AvgIpc) is 3.35.